The van der Waals surface area contributed by atoms with Crippen molar-refractivity contribution in [1.82, 2.24) is 0 Å². The van der Waals surface area contributed by atoms with E-state index >= 15 is 0 Å². The topological polar surface area (TPSA) is 51.1 Å². The van der Waals surface area contributed by atoms with Crippen molar-refractivity contribution in [2.45, 2.75) is 26.3 Å². The second-order valence-corrected chi connectivity index (χ2v) is 7.67. The zero-order valence-corrected chi connectivity index (χ0v) is 16.7. The van der Waals surface area contributed by atoms with E-state index in [9.17, 15) is 4.79 Å². The SMILES string of the molecule is CCC(C)/N=C1\S/C(=C\c2ccc3c(c2)OCCO3)C(=O)N1c1ccccc1. The number of rotatable bonds is 4. The highest BCUT2D eigenvalue weighted by molar-refractivity contribution is 8.19. The molecule has 0 saturated carbocycles. The lowest BCUT2D eigenvalue weighted by molar-refractivity contribution is -0.113. The highest BCUT2D eigenvalue weighted by Crippen LogP contribution is 2.38. The first-order valence-corrected chi connectivity index (χ1v) is 10.2. The molecule has 5 nitrogen and oxygen atoms in total. The van der Waals surface area contributed by atoms with Gasteiger partial charge in [-0.3, -0.25) is 14.7 Å². The summed E-state index contributed by atoms with van der Waals surface area (Å²) in [5.74, 6) is 1.39. The van der Waals surface area contributed by atoms with Gasteiger partial charge >= 0.3 is 0 Å². The first-order valence-electron chi connectivity index (χ1n) is 9.42. The Balaban J connectivity index is 1.69. The molecule has 1 saturated heterocycles. The number of nitrogens with zero attached hydrogens (tertiary/aromatic N) is 2. The molecule has 1 atom stereocenters. The van der Waals surface area contributed by atoms with E-state index in [1.165, 1.54) is 11.8 Å². The van der Waals surface area contributed by atoms with Crippen LogP contribution < -0.4 is 14.4 Å². The van der Waals surface area contributed by atoms with E-state index in [1.54, 1.807) is 4.90 Å². The normalized spacial score (nSPS) is 20.1. The third-order valence-electron chi connectivity index (χ3n) is 4.61. The number of anilines is 1. The molecule has 1 fully saturated rings. The molecule has 0 radical (unpaired) electrons. The Labute approximate surface area is 169 Å². The standard InChI is InChI=1S/C22H22N2O3S/c1-3-15(2)23-22-24(17-7-5-4-6-8-17)21(25)20(28-22)14-16-9-10-18-19(13-16)27-12-11-26-18/h4-10,13-15H,3,11-12H2,1-2H3/b20-14-,23-22-. The van der Waals surface area contributed by atoms with E-state index in [-0.39, 0.29) is 11.9 Å². The van der Waals surface area contributed by atoms with Crippen LogP contribution in [-0.4, -0.2) is 30.3 Å². The van der Waals surface area contributed by atoms with E-state index in [0.29, 0.717) is 29.0 Å². The van der Waals surface area contributed by atoms with Crippen LogP contribution >= 0.6 is 11.8 Å². The van der Waals surface area contributed by atoms with Gasteiger partial charge in [-0.15, -0.1) is 0 Å². The molecule has 1 amide bonds. The minimum Gasteiger partial charge on any atom is -0.486 e. The zero-order chi connectivity index (χ0) is 19.5. The van der Waals surface area contributed by atoms with Gasteiger partial charge in [-0.1, -0.05) is 31.2 Å². The maximum absolute atomic E-state index is 13.2. The Kier molecular flexibility index (Phi) is 5.39. The number of carbonyl (C=O) groups is 1. The van der Waals surface area contributed by atoms with E-state index in [1.807, 2.05) is 54.6 Å². The number of benzene rings is 2. The summed E-state index contributed by atoms with van der Waals surface area (Å²) in [5, 5.41) is 0.717. The summed E-state index contributed by atoms with van der Waals surface area (Å²) >= 11 is 1.41. The first-order chi connectivity index (χ1) is 13.7. The number of fused-ring (bicyclic) bond motifs is 1. The van der Waals surface area contributed by atoms with Crippen LogP contribution in [0.1, 0.15) is 25.8 Å². The lowest BCUT2D eigenvalue weighted by Gasteiger charge is -2.18. The van der Waals surface area contributed by atoms with Gasteiger partial charge in [-0.25, -0.2) is 0 Å². The van der Waals surface area contributed by atoms with Gasteiger partial charge in [0.2, 0.25) is 0 Å². The molecule has 0 bridgehead atoms. The van der Waals surface area contributed by atoms with E-state index in [4.69, 9.17) is 14.5 Å². The molecule has 2 aromatic rings. The van der Waals surface area contributed by atoms with Crippen LogP contribution in [0.5, 0.6) is 11.5 Å². The van der Waals surface area contributed by atoms with Gasteiger partial charge in [0.1, 0.15) is 13.2 Å². The number of ether oxygens (including phenoxy) is 2. The first kappa shape index (κ1) is 18.6. The smallest absolute Gasteiger partial charge is 0.271 e. The molecular formula is C22H22N2O3S. The zero-order valence-electron chi connectivity index (χ0n) is 15.9. The number of para-hydroxylation sites is 1. The second-order valence-electron chi connectivity index (χ2n) is 6.66. The van der Waals surface area contributed by atoms with Crippen molar-refractivity contribution in [3.63, 3.8) is 0 Å². The van der Waals surface area contributed by atoms with Crippen molar-refractivity contribution >= 4 is 34.6 Å². The highest BCUT2D eigenvalue weighted by atomic mass is 32.2. The monoisotopic (exact) mass is 394 g/mol. The van der Waals surface area contributed by atoms with Gasteiger partial charge in [-0.2, -0.15) is 0 Å². The average Bonchev–Trinajstić information content (AvgIpc) is 3.03. The minimum atomic E-state index is -0.0619. The Morgan fingerprint density at radius 3 is 2.64 bits per heavy atom. The van der Waals surface area contributed by atoms with Crippen molar-refractivity contribution in [2.24, 2.45) is 4.99 Å². The number of hydrogen-bond donors (Lipinski definition) is 0. The van der Waals surface area contributed by atoms with Crippen molar-refractivity contribution in [1.29, 1.82) is 0 Å². The molecule has 2 heterocycles. The number of thioether (sulfide) groups is 1. The predicted molar refractivity (Wildman–Crippen MR) is 114 cm³/mol. The Bertz CT molecular complexity index is 940. The van der Waals surface area contributed by atoms with Crippen LogP contribution in [0.3, 0.4) is 0 Å². The fraction of sp³-hybridized carbons (Fsp3) is 0.273. The van der Waals surface area contributed by atoms with E-state index in [0.717, 1.165) is 23.4 Å². The lowest BCUT2D eigenvalue weighted by atomic mass is 10.1. The highest BCUT2D eigenvalue weighted by Gasteiger charge is 2.34. The molecule has 144 valence electrons. The van der Waals surface area contributed by atoms with E-state index in [2.05, 4.69) is 13.8 Å². The summed E-state index contributed by atoms with van der Waals surface area (Å²) in [7, 11) is 0. The molecule has 0 N–H and O–H groups in total. The summed E-state index contributed by atoms with van der Waals surface area (Å²) in [6, 6.07) is 15.5. The molecule has 28 heavy (non-hydrogen) atoms. The number of carbonyl (C=O) groups excluding carboxylic acids is 1. The average molecular weight is 394 g/mol. The molecule has 0 aliphatic carbocycles. The summed E-state index contributed by atoms with van der Waals surface area (Å²) in [5.41, 5.74) is 1.73. The van der Waals surface area contributed by atoms with Crippen LogP contribution in [0.2, 0.25) is 0 Å². The molecule has 0 aromatic heterocycles. The van der Waals surface area contributed by atoms with Crippen LogP contribution in [0, 0.1) is 0 Å². The minimum absolute atomic E-state index is 0.0619. The fourth-order valence-electron chi connectivity index (χ4n) is 2.95. The molecular weight excluding hydrogens is 372 g/mol. The van der Waals surface area contributed by atoms with Gasteiger partial charge in [0.05, 0.1) is 10.6 Å². The third kappa shape index (κ3) is 3.78. The van der Waals surface area contributed by atoms with Gasteiger partial charge in [0.25, 0.3) is 5.91 Å². The van der Waals surface area contributed by atoms with Crippen molar-refractivity contribution in [3.05, 3.63) is 59.0 Å². The predicted octanol–water partition coefficient (Wildman–Crippen LogP) is 4.73. The van der Waals surface area contributed by atoms with Crippen molar-refractivity contribution in [3.8, 4) is 11.5 Å². The second kappa shape index (κ2) is 8.10. The number of amides is 1. The quantitative estimate of drug-likeness (QED) is 0.703. The Morgan fingerprint density at radius 2 is 1.89 bits per heavy atom. The Hall–Kier alpha value is -2.73. The van der Waals surface area contributed by atoms with Crippen LogP contribution in [-0.2, 0) is 4.79 Å². The van der Waals surface area contributed by atoms with Gasteiger partial charge in [-0.05, 0) is 61.0 Å². The lowest BCUT2D eigenvalue weighted by Crippen LogP contribution is -2.29. The van der Waals surface area contributed by atoms with E-state index < -0.39 is 0 Å². The maximum Gasteiger partial charge on any atom is 0.271 e. The van der Waals surface area contributed by atoms with Crippen LogP contribution in [0.4, 0.5) is 5.69 Å². The van der Waals surface area contributed by atoms with Gasteiger partial charge in [0.15, 0.2) is 16.7 Å². The molecule has 6 heteroatoms. The van der Waals surface area contributed by atoms with Gasteiger partial charge < -0.3 is 9.47 Å². The molecule has 2 aliphatic rings. The largest absolute Gasteiger partial charge is 0.486 e. The third-order valence-corrected chi connectivity index (χ3v) is 5.59. The molecule has 2 aromatic carbocycles. The summed E-state index contributed by atoms with van der Waals surface area (Å²) in [6.07, 6.45) is 2.81. The summed E-state index contributed by atoms with van der Waals surface area (Å²) in [6.45, 7) is 5.25. The number of hydrogen-bond acceptors (Lipinski definition) is 5. The molecule has 0 spiro atoms. The van der Waals surface area contributed by atoms with Gasteiger partial charge in [0, 0.05) is 6.04 Å². The molecule has 4 rings (SSSR count). The summed E-state index contributed by atoms with van der Waals surface area (Å²) in [4.78, 5) is 20.3. The molecule has 1 unspecified atom stereocenters. The number of amidine groups is 1. The van der Waals surface area contributed by atoms with Crippen molar-refractivity contribution in [2.75, 3.05) is 18.1 Å². The van der Waals surface area contributed by atoms with Crippen molar-refractivity contribution < 1.29 is 14.3 Å². The molecule has 2 aliphatic heterocycles. The number of aliphatic imine (C=N–C) groups is 1. The van der Waals surface area contributed by atoms with Crippen LogP contribution in [0.15, 0.2) is 58.4 Å². The maximum atomic E-state index is 13.2. The fourth-order valence-corrected chi connectivity index (χ4v) is 4.03. The summed E-state index contributed by atoms with van der Waals surface area (Å²) < 4.78 is 11.2. The Morgan fingerprint density at radius 1 is 1.14 bits per heavy atom. The van der Waals surface area contributed by atoms with Crippen LogP contribution in [0.25, 0.3) is 6.08 Å².